The van der Waals surface area contributed by atoms with Crippen LogP contribution >= 0.6 is 11.6 Å². The number of hydrogen-bond acceptors (Lipinski definition) is 6. The van der Waals surface area contributed by atoms with Crippen LogP contribution < -0.4 is 9.64 Å². The lowest BCUT2D eigenvalue weighted by Crippen LogP contribution is -2.38. The van der Waals surface area contributed by atoms with Crippen LogP contribution in [0.3, 0.4) is 0 Å². The average molecular weight is 482 g/mol. The maximum absolute atomic E-state index is 7.30. The molecular weight excluding hydrogens is 450 g/mol. The third kappa shape index (κ3) is 5.00. The van der Waals surface area contributed by atoms with Crippen molar-refractivity contribution >= 4 is 17.4 Å². The van der Waals surface area contributed by atoms with Gasteiger partial charge in [0.1, 0.15) is 12.4 Å². The van der Waals surface area contributed by atoms with E-state index in [0.29, 0.717) is 49.2 Å². The lowest BCUT2D eigenvalue weighted by atomic mass is 9.96. The Bertz CT molecular complexity index is 1060. The van der Waals surface area contributed by atoms with Crippen LogP contribution in [0.25, 0.3) is 4.85 Å². The number of benzene rings is 1. The number of anilines is 1. The summed E-state index contributed by atoms with van der Waals surface area (Å²) >= 11 is 6.48. The minimum absolute atomic E-state index is 0.144. The molecule has 0 N–H and O–H groups in total. The molecule has 34 heavy (non-hydrogen) atoms. The summed E-state index contributed by atoms with van der Waals surface area (Å²) in [5.41, 5.74) is 3.00. The molecule has 3 atom stereocenters. The van der Waals surface area contributed by atoms with Gasteiger partial charge in [-0.05, 0) is 50.9 Å². The molecule has 3 aliphatic heterocycles. The molecule has 2 saturated heterocycles. The number of rotatable bonds is 6. The minimum Gasteiger partial charge on any atom is -0.462 e. The van der Waals surface area contributed by atoms with Gasteiger partial charge in [-0.15, -0.1) is 0 Å². The summed E-state index contributed by atoms with van der Waals surface area (Å²) in [6, 6.07) is 8.70. The zero-order chi connectivity index (χ0) is 23.5. The Kier molecular flexibility index (Phi) is 7.19. The van der Waals surface area contributed by atoms with Crippen LogP contribution in [-0.2, 0) is 17.8 Å². The van der Waals surface area contributed by atoms with Crippen LogP contribution in [-0.4, -0.2) is 60.7 Å². The van der Waals surface area contributed by atoms with Crippen molar-refractivity contribution in [3.8, 4) is 6.01 Å². The van der Waals surface area contributed by atoms with Gasteiger partial charge in [0.05, 0.1) is 18.4 Å². The number of ether oxygens (including phenoxy) is 2. The highest BCUT2D eigenvalue weighted by atomic mass is 35.5. The van der Waals surface area contributed by atoms with Gasteiger partial charge >= 0.3 is 6.01 Å². The highest BCUT2D eigenvalue weighted by molar-refractivity contribution is 6.31. The minimum atomic E-state index is -0.144. The van der Waals surface area contributed by atoms with E-state index in [1.807, 2.05) is 24.3 Å². The van der Waals surface area contributed by atoms with Crippen molar-refractivity contribution in [2.24, 2.45) is 5.92 Å². The van der Waals surface area contributed by atoms with Gasteiger partial charge in [0.2, 0.25) is 6.54 Å². The highest BCUT2D eigenvalue weighted by Gasteiger charge is 2.32. The summed E-state index contributed by atoms with van der Waals surface area (Å²) in [7, 11) is 2.15. The first-order valence-corrected chi connectivity index (χ1v) is 12.7. The summed E-state index contributed by atoms with van der Waals surface area (Å²) in [5, 5.41) is 0.712. The van der Waals surface area contributed by atoms with Gasteiger partial charge in [-0.25, -0.2) is 6.57 Å². The van der Waals surface area contributed by atoms with E-state index in [1.54, 1.807) is 0 Å². The Labute approximate surface area is 206 Å². The number of aromatic nitrogens is 2. The first-order valence-electron chi connectivity index (χ1n) is 12.3. The maximum atomic E-state index is 7.30. The zero-order valence-corrected chi connectivity index (χ0v) is 20.5. The van der Waals surface area contributed by atoms with Crippen LogP contribution in [0.2, 0.25) is 5.02 Å². The molecule has 0 saturated carbocycles. The topological polar surface area (TPSA) is 55.1 Å². The second kappa shape index (κ2) is 10.5. The quantitative estimate of drug-likeness (QED) is 0.564. The molecular formula is C26H32ClN5O2. The second-order valence-corrected chi connectivity index (χ2v) is 10.1. The molecule has 0 amide bonds. The number of likely N-dealkylation sites (tertiary alicyclic amines) is 1. The van der Waals surface area contributed by atoms with E-state index in [4.69, 9.17) is 37.6 Å². The van der Waals surface area contributed by atoms with Gasteiger partial charge in [-0.3, -0.25) is 0 Å². The molecule has 1 aromatic heterocycles. The molecule has 0 spiro atoms. The van der Waals surface area contributed by atoms with Crippen molar-refractivity contribution in [2.45, 2.75) is 50.9 Å². The summed E-state index contributed by atoms with van der Waals surface area (Å²) < 4.78 is 12.5. The van der Waals surface area contributed by atoms with E-state index in [2.05, 4.69) is 21.7 Å². The fraction of sp³-hybridized carbons (Fsp3) is 0.577. The van der Waals surface area contributed by atoms with E-state index >= 15 is 0 Å². The SMILES string of the molecule is [C-]#[N+]C[C@@H]1CCCN(c2nc(OC[C@@H]3CCCN3C)nc3c2COC(c2ccccc2Cl)C3)C1. The third-order valence-electron chi connectivity index (χ3n) is 7.35. The van der Waals surface area contributed by atoms with Gasteiger partial charge in [0.25, 0.3) is 0 Å². The number of piperidine rings is 1. The molecule has 2 aromatic rings. The fourth-order valence-corrected chi connectivity index (χ4v) is 5.65. The first kappa shape index (κ1) is 23.3. The Balaban J connectivity index is 1.43. The molecule has 7 nitrogen and oxygen atoms in total. The normalized spacial score (nSPS) is 25.1. The number of nitrogens with zero attached hydrogens (tertiary/aromatic N) is 5. The van der Waals surface area contributed by atoms with Gasteiger partial charge in [0.15, 0.2) is 0 Å². The Morgan fingerprint density at radius 3 is 2.85 bits per heavy atom. The lowest BCUT2D eigenvalue weighted by Gasteiger charge is -2.35. The Hall–Kier alpha value is -2.40. The predicted octanol–water partition coefficient (Wildman–Crippen LogP) is 4.55. The van der Waals surface area contributed by atoms with Gasteiger partial charge < -0.3 is 24.1 Å². The fourth-order valence-electron chi connectivity index (χ4n) is 5.39. The van der Waals surface area contributed by atoms with E-state index < -0.39 is 0 Å². The van der Waals surface area contributed by atoms with E-state index in [0.717, 1.165) is 61.5 Å². The monoisotopic (exact) mass is 481 g/mol. The van der Waals surface area contributed by atoms with Crippen molar-refractivity contribution in [3.05, 3.63) is 57.5 Å². The molecule has 3 aliphatic rings. The van der Waals surface area contributed by atoms with Crippen LogP contribution in [0.5, 0.6) is 6.01 Å². The van der Waals surface area contributed by atoms with E-state index in [1.165, 1.54) is 6.42 Å². The van der Waals surface area contributed by atoms with Crippen LogP contribution in [0.1, 0.15) is 48.6 Å². The molecule has 180 valence electrons. The third-order valence-corrected chi connectivity index (χ3v) is 7.70. The van der Waals surface area contributed by atoms with Crippen molar-refractivity contribution in [2.75, 3.05) is 44.7 Å². The molecule has 0 aliphatic carbocycles. The standard InChI is InChI=1S/C26H32ClN5O2/c1-28-14-18-7-5-12-32(15-18)25-21-17-33-24(20-9-3-4-10-22(20)27)13-23(21)29-26(30-25)34-16-19-8-6-11-31(19)2/h3-4,9-10,18-19,24H,5-8,11-17H2,2H3/t18-,19-,24?/m0/s1. The summed E-state index contributed by atoms with van der Waals surface area (Å²) in [6.07, 6.45) is 4.98. The van der Waals surface area contributed by atoms with Crippen molar-refractivity contribution < 1.29 is 9.47 Å². The Morgan fingerprint density at radius 1 is 1.21 bits per heavy atom. The van der Waals surface area contributed by atoms with Crippen LogP contribution in [0.15, 0.2) is 24.3 Å². The molecule has 5 rings (SSSR count). The van der Waals surface area contributed by atoms with Crippen LogP contribution in [0, 0.1) is 12.5 Å². The molecule has 0 radical (unpaired) electrons. The van der Waals surface area contributed by atoms with E-state index in [9.17, 15) is 0 Å². The smallest absolute Gasteiger partial charge is 0.318 e. The Morgan fingerprint density at radius 2 is 2.06 bits per heavy atom. The van der Waals surface area contributed by atoms with Gasteiger partial charge in [-0.1, -0.05) is 29.8 Å². The van der Waals surface area contributed by atoms with Gasteiger partial charge in [-0.2, -0.15) is 9.97 Å². The lowest BCUT2D eigenvalue weighted by molar-refractivity contribution is 0.0256. The van der Waals surface area contributed by atoms with Crippen molar-refractivity contribution in [3.63, 3.8) is 0 Å². The number of hydrogen-bond donors (Lipinski definition) is 0. The number of likely N-dealkylation sites (N-methyl/N-ethyl adjacent to an activating group) is 1. The second-order valence-electron chi connectivity index (χ2n) is 9.66. The molecule has 2 fully saturated rings. The highest BCUT2D eigenvalue weighted by Crippen LogP contribution is 2.38. The molecule has 1 aromatic carbocycles. The molecule has 0 bridgehead atoms. The largest absolute Gasteiger partial charge is 0.462 e. The maximum Gasteiger partial charge on any atom is 0.318 e. The van der Waals surface area contributed by atoms with E-state index in [-0.39, 0.29) is 6.10 Å². The van der Waals surface area contributed by atoms with Gasteiger partial charge in [0, 0.05) is 42.1 Å². The summed E-state index contributed by atoms with van der Waals surface area (Å²) in [5.74, 6) is 1.28. The zero-order valence-electron chi connectivity index (χ0n) is 19.8. The first-order chi connectivity index (χ1) is 16.6. The van der Waals surface area contributed by atoms with Crippen molar-refractivity contribution in [1.82, 2.24) is 14.9 Å². The van der Waals surface area contributed by atoms with Crippen LogP contribution in [0.4, 0.5) is 5.82 Å². The summed E-state index contributed by atoms with van der Waals surface area (Å²) in [6.45, 7) is 11.8. The molecule has 8 heteroatoms. The van der Waals surface area contributed by atoms with Crippen molar-refractivity contribution in [1.29, 1.82) is 0 Å². The molecule has 1 unspecified atom stereocenters. The number of fused-ring (bicyclic) bond motifs is 1. The molecule has 4 heterocycles. The number of halogens is 1. The summed E-state index contributed by atoms with van der Waals surface area (Å²) in [4.78, 5) is 18.1. The average Bonchev–Trinajstić information content (AvgIpc) is 3.27. The predicted molar refractivity (Wildman–Crippen MR) is 132 cm³/mol.